The van der Waals surface area contributed by atoms with Crippen molar-refractivity contribution in [2.24, 2.45) is 5.41 Å². The Hall–Kier alpha value is -0.690. The predicted molar refractivity (Wildman–Crippen MR) is 69.6 cm³/mol. The van der Waals surface area contributed by atoms with Crippen LogP contribution in [0.4, 0.5) is 0 Å². The molecule has 2 aliphatic rings. The van der Waals surface area contributed by atoms with Crippen molar-refractivity contribution in [2.75, 3.05) is 11.5 Å². The van der Waals surface area contributed by atoms with Crippen LogP contribution in [0.2, 0.25) is 0 Å². The molecule has 1 amide bonds. The molecule has 0 aromatic rings. The van der Waals surface area contributed by atoms with Crippen molar-refractivity contribution in [1.29, 1.82) is 5.26 Å². The summed E-state index contributed by atoms with van der Waals surface area (Å²) < 4.78 is 0. The molecule has 0 radical (unpaired) electrons. The molecule has 0 spiro atoms. The highest BCUT2D eigenvalue weighted by atomic mass is 32.2. The molecule has 3 nitrogen and oxygen atoms in total. The minimum Gasteiger partial charge on any atom is -0.351 e. The van der Waals surface area contributed by atoms with Gasteiger partial charge in [-0.25, -0.2) is 0 Å². The van der Waals surface area contributed by atoms with Crippen LogP contribution >= 0.6 is 11.8 Å². The van der Waals surface area contributed by atoms with Gasteiger partial charge in [0.05, 0.1) is 6.07 Å². The Balaban J connectivity index is 2.00. The number of nitriles is 1. The lowest BCUT2D eigenvalue weighted by Gasteiger charge is -2.25. The zero-order chi connectivity index (χ0) is 12.1. The van der Waals surface area contributed by atoms with E-state index in [0.717, 1.165) is 56.5 Å². The summed E-state index contributed by atoms with van der Waals surface area (Å²) in [4.78, 5) is 12.3. The van der Waals surface area contributed by atoms with Crippen molar-refractivity contribution >= 4 is 17.7 Å². The molecule has 0 bridgehead atoms. The summed E-state index contributed by atoms with van der Waals surface area (Å²) in [6.07, 6.45) is 6.90. The van der Waals surface area contributed by atoms with E-state index in [4.69, 9.17) is 0 Å². The van der Waals surface area contributed by atoms with Gasteiger partial charge in [0, 0.05) is 11.8 Å². The maximum Gasteiger partial charge on any atom is 0.240 e. The molecule has 1 aliphatic heterocycles. The van der Waals surface area contributed by atoms with Crippen LogP contribution in [0.15, 0.2) is 0 Å². The van der Waals surface area contributed by atoms with E-state index in [1.807, 2.05) is 11.8 Å². The molecule has 1 heterocycles. The van der Waals surface area contributed by atoms with Crippen LogP contribution in [0.3, 0.4) is 0 Å². The summed E-state index contributed by atoms with van der Waals surface area (Å²) in [6.45, 7) is 0. The highest BCUT2D eigenvalue weighted by molar-refractivity contribution is 7.99. The summed E-state index contributed by atoms with van der Waals surface area (Å²) in [7, 11) is 0. The highest BCUT2D eigenvalue weighted by Gasteiger charge is 2.39. The second kappa shape index (κ2) is 5.77. The fourth-order valence-corrected chi connectivity index (χ4v) is 3.85. The third-order valence-electron chi connectivity index (χ3n) is 3.87. The van der Waals surface area contributed by atoms with E-state index in [2.05, 4.69) is 11.4 Å². The molecule has 1 N–H and O–H groups in total. The lowest BCUT2D eigenvalue weighted by molar-refractivity contribution is -0.129. The van der Waals surface area contributed by atoms with Gasteiger partial charge in [0.1, 0.15) is 5.41 Å². The molecule has 0 aromatic carbocycles. The minimum atomic E-state index is -0.732. The average Bonchev–Trinajstić information content (AvgIpc) is 2.72. The molecule has 1 unspecified atom stereocenters. The van der Waals surface area contributed by atoms with Gasteiger partial charge in [-0.1, -0.05) is 25.7 Å². The topological polar surface area (TPSA) is 52.9 Å². The Morgan fingerprint density at radius 2 is 2.00 bits per heavy atom. The van der Waals surface area contributed by atoms with Gasteiger partial charge in [-0.15, -0.1) is 0 Å². The van der Waals surface area contributed by atoms with E-state index >= 15 is 0 Å². The van der Waals surface area contributed by atoms with E-state index in [1.54, 1.807) is 0 Å². The zero-order valence-corrected chi connectivity index (χ0v) is 11.0. The molecule has 1 saturated heterocycles. The van der Waals surface area contributed by atoms with E-state index in [-0.39, 0.29) is 5.91 Å². The van der Waals surface area contributed by atoms with E-state index in [1.165, 1.54) is 0 Å². The minimum absolute atomic E-state index is 0.00519. The smallest absolute Gasteiger partial charge is 0.240 e. The Morgan fingerprint density at radius 1 is 1.29 bits per heavy atom. The zero-order valence-electron chi connectivity index (χ0n) is 10.2. The number of hydrogen-bond donors (Lipinski definition) is 1. The molecule has 94 valence electrons. The Morgan fingerprint density at radius 3 is 2.53 bits per heavy atom. The number of hydrogen-bond acceptors (Lipinski definition) is 3. The number of carbonyl (C=O) groups excluding carboxylic acids is 1. The molecule has 2 fully saturated rings. The van der Waals surface area contributed by atoms with Crippen molar-refractivity contribution in [1.82, 2.24) is 5.32 Å². The fourth-order valence-electron chi connectivity index (χ4n) is 2.69. The molecular weight excluding hydrogens is 232 g/mol. The molecule has 1 aliphatic carbocycles. The van der Waals surface area contributed by atoms with Gasteiger partial charge in [0.15, 0.2) is 0 Å². The van der Waals surface area contributed by atoms with Crippen LogP contribution in [-0.4, -0.2) is 23.5 Å². The van der Waals surface area contributed by atoms with Crippen LogP contribution in [0.25, 0.3) is 0 Å². The second-order valence-electron chi connectivity index (χ2n) is 5.14. The van der Waals surface area contributed by atoms with E-state index < -0.39 is 5.41 Å². The molecular formula is C13H20N2OS. The van der Waals surface area contributed by atoms with Crippen molar-refractivity contribution in [2.45, 2.75) is 51.0 Å². The predicted octanol–water partition coefficient (Wildman–Crippen LogP) is 2.47. The highest BCUT2D eigenvalue weighted by Crippen LogP contribution is 2.35. The quantitative estimate of drug-likeness (QED) is 0.768. The normalized spacial score (nSPS) is 28.1. The molecule has 1 atom stereocenters. The first-order chi connectivity index (χ1) is 8.27. The molecule has 2 rings (SSSR count). The van der Waals surface area contributed by atoms with Gasteiger partial charge in [-0.05, 0) is 25.0 Å². The average molecular weight is 252 g/mol. The molecule has 4 heteroatoms. The Labute approximate surface area is 107 Å². The van der Waals surface area contributed by atoms with E-state index in [0.29, 0.717) is 6.04 Å². The lowest BCUT2D eigenvalue weighted by atomic mass is 9.81. The van der Waals surface area contributed by atoms with Gasteiger partial charge in [0.2, 0.25) is 5.91 Å². The first-order valence-corrected chi connectivity index (χ1v) is 7.72. The largest absolute Gasteiger partial charge is 0.351 e. The van der Waals surface area contributed by atoms with E-state index in [9.17, 15) is 10.1 Å². The summed E-state index contributed by atoms with van der Waals surface area (Å²) in [5, 5.41) is 12.5. The summed E-state index contributed by atoms with van der Waals surface area (Å²) >= 11 is 1.88. The third kappa shape index (κ3) is 2.95. The van der Waals surface area contributed by atoms with Crippen LogP contribution in [0.1, 0.15) is 44.9 Å². The standard InChI is InChI=1S/C13H20N2OS/c14-10-13(6-3-1-2-4-7-13)12(16)15-11-5-8-17-9-11/h11H,1-9H2,(H,15,16). The fraction of sp³-hybridized carbons (Fsp3) is 0.846. The summed E-state index contributed by atoms with van der Waals surface area (Å²) in [5.41, 5.74) is -0.732. The summed E-state index contributed by atoms with van der Waals surface area (Å²) in [6, 6.07) is 2.60. The van der Waals surface area contributed by atoms with Gasteiger partial charge >= 0.3 is 0 Å². The molecule has 1 saturated carbocycles. The van der Waals surface area contributed by atoms with Crippen molar-refractivity contribution in [3.05, 3.63) is 0 Å². The van der Waals surface area contributed by atoms with Gasteiger partial charge in [0.25, 0.3) is 0 Å². The van der Waals surface area contributed by atoms with Crippen molar-refractivity contribution in [3.8, 4) is 6.07 Å². The van der Waals surface area contributed by atoms with Crippen LogP contribution in [-0.2, 0) is 4.79 Å². The first kappa shape index (κ1) is 12.8. The second-order valence-corrected chi connectivity index (χ2v) is 6.29. The van der Waals surface area contributed by atoms with Crippen LogP contribution in [0, 0.1) is 16.7 Å². The number of carbonyl (C=O) groups is 1. The van der Waals surface area contributed by atoms with Crippen molar-refractivity contribution in [3.63, 3.8) is 0 Å². The first-order valence-electron chi connectivity index (χ1n) is 6.57. The maximum absolute atomic E-state index is 12.3. The maximum atomic E-state index is 12.3. The number of nitrogens with one attached hydrogen (secondary N) is 1. The van der Waals surface area contributed by atoms with Crippen LogP contribution < -0.4 is 5.32 Å². The lowest BCUT2D eigenvalue weighted by Crippen LogP contribution is -2.45. The Kier molecular flexibility index (Phi) is 4.33. The molecule has 17 heavy (non-hydrogen) atoms. The number of amides is 1. The SMILES string of the molecule is N#CC1(C(=O)NC2CCSC2)CCCCCC1. The van der Waals surface area contributed by atoms with Crippen LogP contribution in [0.5, 0.6) is 0 Å². The Bertz CT molecular complexity index is 310. The number of thioether (sulfide) groups is 1. The summed E-state index contributed by atoms with van der Waals surface area (Å²) in [5.74, 6) is 2.13. The van der Waals surface area contributed by atoms with Gasteiger partial charge in [-0.2, -0.15) is 17.0 Å². The number of nitrogens with zero attached hydrogens (tertiary/aromatic N) is 1. The van der Waals surface area contributed by atoms with Gasteiger partial charge < -0.3 is 5.32 Å². The van der Waals surface area contributed by atoms with Crippen molar-refractivity contribution < 1.29 is 4.79 Å². The third-order valence-corrected chi connectivity index (χ3v) is 5.03. The molecule has 0 aromatic heterocycles. The monoisotopic (exact) mass is 252 g/mol. The van der Waals surface area contributed by atoms with Gasteiger partial charge in [-0.3, -0.25) is 4.79 Å². The number of rotatable bonds is 2.